The second-order valence-corrected chi connectivity index (χ2v) is 9.16. The topological polar surface area (TPSA) is 69.7 Å². The fourth-order valence-corrected chi connectivity index (χ4v) is 5.11. The number of piperidine rings is 1. The van der Waals surface area contributed by atoms with Gasteiger partial charge in [0.25, 0.3) is 5.91 Å². The lowest BCUT2D eigenvalue weighted by Gasteiger charge is -2.33. The van der Waals surface area contributed by atoms with Crippen molar-refractivity contribution >= 4 is 15.9 Å². The van der Waals surface area contributed by atoms with Crippen molar-refractivity contribution in [3.63, 3.8) is 0 Å². The van der Waals surface area contributed by atoms with Gasteiger partial charge in [-0.15, -0.1) is 0 Å². The lowest BCUT2D eigenvalue weighted by molar-refractivity contribution is 0.0944. The summed E-state index contributed by atoms with van der Waals surface area (Å²) in [6, 6.07) is 3.94. The lowest BCUT2D eigenvalue weighted by atomic mass is 10.0. The van der Waals surface area contributed by atoms with E-state index in [-0.39, 0.29) is 10.5 Å². The Balaban J connectivity index is 1.99. The molecule has 0 saturated carbocycles. The fraction of sp³-hybridized carbons (Fsp3) is 0.650. The molecule has 1 aliphatic heterocycles. The van der Waals surface area contributed by atoms with Crippen LogP contribution in [0.5, 0.6) is 0 Å². The zero-order valence-corrected chi connectivity index (χ0v) is 17.9. The fourth-order valence-electron chi connectivity index (χ4n) is 3.62. The van der Waals surface area contributed by atoms with Gasteiger partial charge in [0, 0.05) is 32.2 Å². The van der Waals surface area contributed by atoms with E-state index in [1.165, 1.54) is 29.6 Å². The van der Waals surface area contributed by atoms with Crippen LogP contribution in [0.15, 0.2) is 23.1 Å². The van der Waals surface area contributed by atoms with Crippen LogP contribution in [-0.2, 0) is 10.0 Å². The first-order valence-corrected chi connectivity index (χ1v) is 11.6. The van der Waals surface area contributed by atoms with Crippen LogP contribution in [0.25, 0.3) is 0 Å². The van der Waals surface area contributed by atoms with Crippen molar-refractivity contribution in [2.24, 2.45) is 0 Å². The molecule has 1 atom stereocenters. The van der Waals surface area contributed by atoms with Crippen LogP contribution in [0, 0.1) is 5.82 Å². The van der Waals surface area contributed by atoms with E-state index in [1.807, 2.05) is 0 Å². The summed E-state index contributed by atoms with van der Waals surface area (Å²) >= 11 is 0. The normalized spacial score (nSPS) is 18.4. The number of carbonyl (C=O) groups excluding carboxylic acids is 1. The number of nitrogens with one attached hydrogen (secondary N) is 1. The maximum absolute atomic E-state index is 14.1. The number of nitrogens with zero attached hydrogens (tertiary/aromatic N) is 2. The van der Waals surface area contributed by atoms with E-state index in [0.29, 0.717) is 25.7 Å². The standard InChI is InChI=1S/C20H32FN3O3S/c1-4-24(5-2)28(26,27)17-10-11-19(21)18(15-17)20(25)22-12-8-14-23-13-7-6-9-16(23)3/h10-11,15-16H,4-9,12-14H2,1-3H3,(H,22,25)/t16-/m1/s1. The number of halogens is 1. The molecule has 0 unspecified atom stereocenters. The van der Waals surface area contributed by atoms with Gasteiger partial charge in [0.1, 0.15) is 5.82 Å². The van der Waals surface area contributed by atoms with Crippen LogP contribution < -0.4 is 5.32 Å². The van der Waals surface area contributed by atoms with Gasteiger partial charge in [0.2, 0.25) is 10.0 Å². The summed E-state index contributed by atoms with van der Waals surface area (Å²) in [5.41, 5.74) is -0.237. The molecule has 0 radical (unpaired) electrons. The molecule has 0 aromatic heterocycles. The van der Waals surface area contributed by atoms with Crippen LogP contribution >= 0.6 is 0 Å². The number of hydrogen-bond donors (Lipinski definition) is 1. The minimum atomic E-state index is -3.74. The van der Waals surface area contributed by atoms with Crippen LogP contribution in [0.2, 0.25) is 0 Å². The van der Waals surface area contributed by atoms with E-state index in [9.17, 15) is 17.6 Å². The highest BCUT2D eigenvalue weighted by atomic mass is 32.2. The molecule has 1 aliphatic rings. The van der Waals surface area contributed by atoms with Gasteiger partial charge in [-0.05, 0) is 50.9 Å². The predicted molar refractivity (Wildman–Crippen MR) is 108 cm³/mol. The molecule has 2 rings (SSSR count). The molecule has 158 valence electrons. The summed E-state index contributed by atoms with van der Waals surface area (Å²) in [6.45, 7) is 8.71. The van der Waals surface area contributed by atoms with Gasteiger partial charge in [-0.1, -0.05) is 20.3 Å². The Morgan fingerprint density at radius 2 is 2.00 bits per heavy atom. The minimum Gasteiger partial charge on any atom is -0.352 e. The molecule has 0 aliphatic carbocycles. The molecule has 8 heteroatoms. The third-order valence-electron chi connectivity index (χ3n) is 5.37. The first-order chi connectivity index (χ1) is 13.3. The van der Waals surface area contributed by atoms with E-state index in [1.54, 1.807) is 13.8 Å². The molecule has 28 heavy (non-hydrogen) atoms. The zero-order valence-electron chi connectivity index (χ0n) is 17.1. The quantitative estimate of drug-likeness (QED) is 0.632. The predicted octanol–water partition coefficient (Wildman–Crippen LogP) is 2.85. The first-order valence-electron chi connectivity index (χ1n) is 10.1. The number of carbonyl (C=O) groups is 1. The summed E-state index contributed by atoms with van der Waals surface area (Å²) in [5.74, 6) is -1.30. The van der Waals surface area contributed by atoms with E-state index in [4.69, 9.17) is 0 Å². The zero-order chi connectivity index (χ0) is 20.7. The molecule has 1 fully saturated rings. The van der Waals surface area contributed by atoms with E-state index < -0.39 is 21.7 Å². The van der Waals surface area contributed by atoms with Gasteiger partial charge in [-0.3, -0.25) is 4.79 Å². The number of amides is 1. The second kappa shape index (κ2) is 10.3. The molecule has 1 aromatic carbocycles. The molecule has 1 heterocycles. The summed E-state index contributed by atoms with van der Waals surface area (Å²) in [5, 5.41) is 2.72. The Morgan fingerprint density at radius 1 is 1.29 bits per heavy atom. The van der Waals surface area contributed by atoms with Crippen molar-refractivity contribution < 1.29 is 17.6 Å². The number of rotatable bonds is 9. The van der Waals surface area contributed by atoms with Gasteiger partial charge in [0.15, 0.2) is 0 Å². The average Bonchev–Trinajstić information content (AvgIpc) is 2.67. The molecule has 1 aromatic rings. The van der Waals surface area contributed by atoms with Crippen LogP contribution in [0.3, 0.4) is 0 Å². The average molecular weight is 414 g/mol. The Labute approximate surface area is 168 Å². The van der Waals surface area contributed by atoms with Crippen molar-refractivity contribution in [1.29, 1.82) is 0 Å². The third-order valence-corrected chi connectivity index (χ3v) is 7.42. The monoisotopic (exact) mass is 413 g/mol. The number of hydrogen-bond acceptors (Lipinski definition) is 4. The minimum absolute atomic E-state index is 0.0649. The summed E-state index contributed by atoms with van der Waals surface area (Å²) in [6.07, 6.45) is 4.44. The highest BCUT2D eigenvalue weighted by Crippen LogP contribution is 2.19. The third kappa shape index (κ3) is 5.52. The molecule has 0 spiro atoms. The summed E-state index contributed by atoms with van der Waals surface area (Å²) in [7, 11) is -3.74. The Morgan fingerprint density at radius 3 is 2.64 bits per heavy atom. The van der Waals surface area contributed by atoms with Crippen LogP contribution in [0.1, 0.15) is 56.8 Å². The molecule has 1 saturated heterocycles. The highest BCUT2D eigenvalue weighted by molar-refractivity contribution is 7.89. The maximum atomic E-state index is 14.1. The highest BCUT2D eigenvalue weighted by Gasteiger charge is 2.24. The van der Waals surface area contributed by atoms with Crippen molar-refractivity contribution in [3.05, 3.63) is 29.6 Å². The smallest absolute Gasteiger partial charge is 0.254 e. The van der Waals surface area contributed by atoms with Crippen molar-refractivity contribution in [1.82, 2.24) is 14.5 Å². The van der Waals surface area contributed by atoms with Gasteiger partial charge in [-0.2, -0.15) is 4.31 Å². The van der Waals surface area contributed by atoms with Gasteiger partial charge in [-0.25, -0.2) is 12.8 Å². The first kappa shape index (κ1) is 22.8. The molecule has 6 nitrogen and oxygen atoms in total. The van der Waals surface area contributed by atoms with Gasteiger partial charge < -0.3 is 10.2 Å². The van der Waals surface area contributed by atoms with Crippen LogP contribution in [-0.4, -0.2) is 62.3 Å². The summed E-state index contributed by atoms with van der Waals surface area (Å²) < 4.78 is 40.7. The molecular formula is C20H32FN3O3S. The Hall–Kier alpha value is -1.51. The van der Waals surface area contributed by atoms with Crippen molar-refractivity contribution in [2.75, 3.05) is 32.7 Å². The SMILES string of the molecule is CCN(CC)S(=O)(=O)c1ccc(F)c(C(=O)NCCCN2CCCC[C@H]2C)c1. The molecular weight excluding hydrogens is 381 g/mol. The second-order valence-electron chi connectivity index (χ2n) is 7.22. The van der Waals surface area contributed by atoms with Crippen molar-refractivity contribution in [3.8, 4) is 0 Å². The number of sulfonamides is 1. The maximum Gasteiger partial charge on any atom is 0.254 e. The lowest BCUT2D eigenvalue weighted by Crippen LogP contribution is -2.39. The van der Waals surface area contributed by atoms with Gasteiger partial charge >= 0.3 is 0 Å². The van der Waals surface area contributed by atoms with Crippen LogP contribution in [0.4, 0.5) is 4.39 Å². The van der Waals surface area contributed by atoms with Gasteiger partial charge in [0.05, 0.1) is 10.5 Å². The Bertz CT molecular complexity index is 766. The summed E-state index contributed by atoms with van der Waals surface area (Å²) in [4.78, 5) is 14.7. The van der Waals surface area contributed by atoms with Crippen molar-refractivity contribution in [2.45, 2.75) is 57.4 Å². The largest absolute Gasteiger partial charge is 0.352 e. The molecule has 1 N–H and O–H groups in total. The number of benzene rings is 1. The Kier molecular flexibility index (Phi) is 8.39. The number of likely N-dealkylation sites (tertiary alicyclic amines) is 1. The van der Waals surface area contributed by atoms with E-state index in [2.05, 4.69) is 17.1 Å². The molecule has 1 amide bonds. The molecule has 0 bridgehead atoms. The van der Waals surface area contributed by atoms with E-state index >= 15 is 0 Å². The van der Waals surface area contributed by atoms with E-state index in [0.717, 1.165) is 31.6 Å².